The summed E-state index contributed by atoms with van der Waals surface area (Å²) in [4.78, 5) is 3.55. The zero-order valence-electron chi connectivity index (χ0n) is 9.97. The lowest BCUT2D eigenvalue weighted by Crippen LogP contribution is -2.18. The van der Waals surface area contributed by atoms with Crippen LogP contribution in [0.1, 0.15) is 0 Å². The Balaban J connectivity index is 2.41. The summed E-state index contributed by atoms with van der Waals surface area (Å²) in [6, 6.07) is 5.38. The van der Waals surface area contributed by atoms with Crippen LogP contribution in [0.4, 0.5) is 15.8 Å². The highest BCUT2D eigenvalue weighted by atomic mass is 79.9. The van der Waals surface area contributed by atoms with Gasteiger partial charge in [0.05, 0.1) is 11.4 Å². The van der Waals surface area contributed by atoms with Gasteiger partial charge in [0, 0.05) is 16.9 Å². The summed E-state index contributed by atoms with van der Waals surface area (Å²) in [7, 11) is -4.00. The fraction of sp³-hybridized carbons (Fsp3) is 0. The number of benzene rings is 1. The Morgan fingerprint density at radius 2 is 2.00 bits per heavy atom. The van der Waals surface area contributed by atoms with E-state index in [2.05, 4.69) is 31.1 Å². The van der Waals surface area contributed by atoms with Crippen molar-refractivity contribution in [1.82, 2.24) is 4.98 Å². The fourth-order valence-corrected chi connectivity index (χ4v) is 3.00. The van der Waals surface area contributed by atoms with Crippen molar-refractivity contribution in [2.75, 3.05) is 10.1 Å². The molecule has 0 radical (unpaired) electrons. The van der Waals surface area contributed by atoms with E-state index in [4.69, 9.17) is 5.84 Å². The van der Waals surface area contributed by atoms with Gasteiger partial charge in [-0.15, -0.1) is 0 Å². The van der Waals surface area contributed by atoms with Crippen molar-refractivity contribution in [2.24, 2.45) is 5.84 Å². The number of nitrogen functional groups attached to an aromatic ring is 1. The highest BCUT2D eigenvalue weighted by molar-refractivity contribution is 9.10. The molecule has 0 aliphatic carbocycles. The van der Waals surface area contributed by atoms with Crippen LogP contribution in [-0.4, -0.2) is 13.4 Å². The van der Waals surface area contributed by atoms with Crippen LogP contribution in [0.25, 0.3) is 0 Å². The Kier molecular flexibility index (Phi) is 4.21. The molecule has 0 bridgehead atoms. The number of hydrazine groups is 1. The largest absolute Gasteiger partial charge is 0.323 e. The van der Waals surface area contributed by atoms with Crippen molar-refractivity contribution in [1.29, 1.82) is 0 Å². The number of hydrogen-bond acceptors (Lipinski definition) is 5. The van der Waals surface area contributed by atoms with Crippen LogP contribution < -0.4 is 16.0 Å². The van der Waals surface area contributed by atoms with Gasteiger partial charge in [0.15, 0.2) is 0 Å². The van der Waals surface area contributed by atoms with Crippen molar-refractivity contribution in [2.45, 2.75) is 4.90 Å². The van der Waals surface area contributed by atoms with Gasteiger partial charge in [-0.05, 0) is 24.3 Å². The molecule has 9 heteroatoms. The zero-order valence-corrected chi connectivity index (χ0v) is 12.4. The van der Waals surface area contributed by atoms with Gasteiger partial charge in [0.25, 0.3) is 10.0 Å². The standard InChI is InChI=1S/C11H10BrFN4O2S/c12-7-1-2-9(8(13)5-7)17-20(18,19)11-6-15-4-3-10(11)16-14/h1-6,17H,14H2,(H,15,16). The summed E-state index contributed by atoms with van der Waals surface area (Å²) >= 11 is 3.09. The highest BCUT2D eigenvalue weighted by Crippen LogP contribution is 2.25. The smallest absolute Gasteiger partial charge is 0.265 e. The number of sulfonamides is 1. The van der Waals surface area contributed by atoms with E-state index in [1.165, 1.54) is 24.4 Å². The van der Waals surface area contributed by atoms with Gasteiger partial charge in [0.1, 0.15) is 10.7 Å². The number of aromatic nitrogens is 1. The number of hydrogen-bond donors (Lipinski definition) is 3. The van der Waals surface area contributed by atoms with Gasteiger partial charge in [-0.25, -0.2) is 12.8 Å². The van der Waals surface area contributed by atoms with Gasteiger partial charge in [-0.3, -0.25) is 15.5 Å². The summed E-state index contributed by atoms with van der Waals surface area (Å²) in [5, 5.41) is 0. The molecule has 0 amide bonds. The van der Waals surface area contributed by atoms with E-state index < -0.39 is 15.8 Å². The first-order valence-corrected chi connectivity index (χ1v) is 7.60. The van der Waals surface area contributed by atoms with E-state index in [9.17, 15) is 12.8 Å². The van der Waals surface area contributed by atoms with Crippen molar-refractivity contribution in [3.63, 3.8) is 0 Å². The Hall–Kier alpha value is -1.71. The summed E-state index contributed by atoms with van der Waals surface area (Å²) < 4.78 is 40.7. The molecule has 2 rings (SSSR count). The summed E-state index contributed by atoms with van der Waals surface area (Å²) in [5.41, 5.74) is 2.24. The molecule has 4 N–H and O–H groups in total. The quantitative estimate of drug-likeness (QED) is 0.572. The fourth-order valence-electron chi connectivity index (χ4n) is 1.49. The SMILES string of the molecule is NNc1ccncc1S(=O)(=O)Nc1ccc(Br)cc1F. The van der Waals surface area contributed by atoms with Crippen LogP contribution in [0, 0.1) is 5.82 Å². The van der Waals surface area contributed by atoms with Crippen molar-refractivity contribution >= 4 is 37.3 Å². The van der Waals surface area contributed by atoms with Crippen LogP contribution in [0.2, 0.25) is 0 Å². The second-order valence-electron chi connectivity index (χ2n) is 3.75. The first-order valence-electron chi connectivity index (χ1n) is 5.32. The van der Waals surface area contributed by atoms with Crippen LogP contribution in [-0.2, 0) is 10.0 Å². The number of rotatable bonds is 4. The minimum Gasteiger partial charge on any atom is -0.323 e. The predicted molar refractivity (Wildman–Crippen MR) is 77.0 cm³/mol. The number of nitrogens with zero attached hydrogens (tertiary/aromatic N) is 1. The molecule has 106 valence electrons. The maximum atomic E-state index is 13.7. The monoisotopic (exact) mass is 360 g/mol. The van der Waals surface area contributed by atoms with E-state index in [1.54, 1.807) is 0 Å². The third kappa shape index (κ3) is 3.06. The molecule has 0 fully saturated rings. The minimum atomic E-state index is -4.00. The Labute approximate surface area is 123 Å². The molecule has 0 saturated carbocycles. The molecular formula is C11H10BrFN4O2S. The second kappa shape index (κ2) is 5.73. The van der Waals surface area contributed by atoms with Gasteiger partial charge in [-0.2, -0.15) is 0 Å². The Bertz CT molecular complexity index is 739. The lowest BCUT2D eigenvalue weighted by Gasteiger charge is -2.11. The molecule has 0 spiro atoms. The summed E-state index contributed by atoms with van der Waals surface area (Å²) in [6.45, 7) is 0. The minimum absolute atomic E-state index is 0.157. The topological polar surface area (TPSA) is 97.1 Å². The highest BCUT2D eigenvalue weighted by Gasteiger charge is 2.20. The maximum Gasteiger partial charge on any atom is 0.265 e. The van der Waals surface area contributed by atoms with Gasteiger partial charge < -0.3 is 5.43 Å². The molecule has 0 unspecified atom stereocenters. The lowest BCUT2D eigenvalue weighted by molar-refractivity contribution is 0.598. The van der Waals surface area contributed by atoms with E-state index in [-0.39, 0.29) is 16.3 Å². The molecule has 6 nitrogen and oxygen atoms in total. The average molecular weight is 361 g/mol. The Morgan fingerprint density at radius 1 is 1.25 bits per heavy atom. The number of nitrogens with two attached hydrogens (primary N) is 1. The van der Waals surface area contributed by atoms with E-state index in [0.29, 0.717) is 4.47 Å². The van der Waals surface area contributed by atoms with E-state index >= 15 is 0 Å². The molecule has 0 aliphatic rings. The number of halogens is 2. The molecule has 1 aromatic carbocycles. The molecule has 0 atom stereocenters. The lowest BCUT2D eigenvalue weighted by atomic mass is 10.3. The molecule has 0 saturated heterocycles. The summed E-state index contributed by atoms with van der Waals surface area (Å²) in [5.74, 6) is 4.54. The first kappa shape index (κ1) is 14.7. The van der Waals surface area contributed by atoms with Crippen LogP contribution in [0.5, 0.6) is 0 Å². The molecule has 0 aliphatic heterocycles. The second-order valence-corrected chi connectivity index (χ2v) is 6.31. The van der Waals surface area contributed by atoms with E-state index in [1.807, 2.05) is 0 Å². The molecule has 20 heavy (non-hydrogen) atoms. The predicted octanol–water partition coefficient (Wildman–Crippen LogP) is 2.07. The van der Waals surface area contributed by atoms with Crippen LogP contribution in [0.3, 0.4) is 0 Å². The third-order valence-corrected chi connectivity index (χ3v) is 4.29. The molecular weight excluding hydrogens is 351 g/mol. The zero-order chi connectivity index (χ0) is 14.8. The van der Waals surface area contributed by atoms with Crippen molar-refractivity contribution in [3.05, 3.63) is 46.9 Å². The average Bonchev–Trinajstić information content (AvgIpc) is 2.42. The molecule has 1 heterocycles. The normalized spacial score (nSPS) is 11.2. The van der Waals surface area contributed by atoms with Crippen LogP contribution >= 0.6 is 15.9 Å². The first-order chi connectivity index (χ1) is 9.44. The molecule has 1 aromatic heterocycles. The van der Waals surface area contributed by atoms with Crippen molar-refractivity contribution < 1.29 is 12.8 Å². The van der Waals surface area contributed by atoms with Crippen LogP contribution in [0.15, 0.2) is 46.0 Å². The van der Waals surface area contributed by atoms with Gasteiger partial charge >= 0.3 is 0 Å². The van der Waals surface area contributed by atoms with Gasteiger partial charge in [0.2, 0.25) is 0 Å². The van der Waals surface area contributed by atoms with Gasteiger partial charge in [-0.1, -0.05) is 15.9 Å². The maximum absolute atomic E-state index is 13.7. The third-order valence-electron chi connectivity index (χ3n) is 2.40. The van der Waals surface area contributed by atoms with Crippen molar-refractivity contribution in [3.8, 4) is 0 Å². The summed E-state index contributed by atoms with van der Waals surface area (Å²) in [6.07, 6.45) is 2.50. The number of nitrogens with one attached hydrogen (secondary N) is 2. The Morgan fingerprint density at radius 3 is 2.65 bits per heavy atom. The van der Waals surface area contributed by atoms with E-state index in [0.717, 1.165) is 12.3 Å². The number of anilines is 2. The number of pyridine rings is 1. The molecule has 2 aromatic rings.